The van der Waals surface area contributed by atoms with Crippen molar-refractivity contribution in [2.75, 3.05) is 39.7 Å². The third-order valence-corrected chi connectivity index (χ3v) is 12.9. The number of hydrogen-bond donors (Lipinski definition) is 0. The summed E-state index contributed by atoms with van der Waals surface area (Å²) in [6.45, 7) is 0. The Morgan fingerprint density at radius 1 is 0.611 bits per heavy atom. The van der Waals surface area contributed by atoms with Crippen LogP contribution in [0.15, 0.2) is 121 Å². The molecule has 6 rings (SSSR count). The van der Waals surface area contributed by atoms with E-state index in [0.717, 1.165) is 12.8 Å². The maximum atomic E-state index is 11.3. The molecule has 3 unspecified atom stereocenters. The molecule has 2 aliphatic rings. The summed E-state index contributed by atoms with van der Waals surface area (Å²) in [6.07, 6.45) is 18.2. The van der Waals surface area contributed by atoms with Gasteiger partial charge in [-0.3, -0.25) is 8.97 Å². The Morgan fingerprint density at radius 3 is 1.74 bits per heavy atom. The molecule has 0 N–H and O–H groups in total. The fourth-order valence-electron chi connectivity index (χ4n) is 8.83. The first-order valence-corrected chi connectivity index (χ1v) is 21.6. The van der Waals surface area contributed by atoms with Crippen LogP contribution in [0.4, 0.5) is 11.4 Å². The van der Waals surface area contributed by atoms with Crippen molar-refractivity contribution in [1.29, 1.82) is 0 Å². The quantitative estimate of drug-likeness (QED) is 0.0426. The summed E-state index contributed by atoms with van der Waals surface area (Å²) in [5.74, 6) is -0.433. The van der Waals surface area contributed by atoms with Crippen LogP contribution in [0.5, 0.6) is 0 Å². The van der Waals surface area contributed by atoms with Gasteiger partial charge in [-0.05, 0) is 71.5 Å². The molecule has 54 heavy (non-hydrogen) atoms. The van der Waals surface area contributed by atoms with Crippen molar-refractivity contribution in [1.82, 2.24) is 8.97 Å². The minimum absolute atomic E-state index is 0. The summed E-state index contributed by atoms with van der Waals surface area (Å²) in [6, 6.07) is 25.6. The standard InChI is InChI=1S/C43H50N2O6S2.Na.H/c1-44(2)38(36(22-14-16-30-52(46,47)48)42-34-20-12-10-18-32(34)26-28-40(42)44)24-8-6-5-7-9-25-39-37(23-15-17-31-53(49,50)51)43-35-21-13-11-19-33(35)27-29-41(43)45(39,3)4;;/h5-13,18-21,24-29,36-38H,14-17,22-23,30-31H2,1-4H3;;. The fraction of sp³-hybridized carbons (Fsp3) is 0.349. The molecule has 0 amide bonds. The van der Waals surface area contributed by atoms with Gasteiger partial charge in [-0.15, -0.1) is 0 Å². The normalized spacial score (nSPS) is 21.4. The van der Waals surface area contributed by atoms with Crippen LogP contribution in [0.2, 0.25) is 0 Å². The van der Waals surface area contributed by atoms with Crippen LogP contribution in [-0.4, -0.2) is 101 Å². The van der Waals surface area contributed by atoms with Crippen LogP contribution in [0.3, 0.4) is 0 Å². The number of rotatable bonds is 14. The van der Waals surface area contributed by atoms with Crippen LogP contribution >= 0.6 is 0 Å². The van der Waals surface area contributed by atoms with Gasteiger partial charge >= 0.3 is 29.6 Å². The Labute approximate surface area is 343 Å². The average molecular weight is 779 g/mol. The van der Waals surface area contributed by atoms with E-state index in [1.807, 2.05) is 30.4 Å². The van der Waals surface area contributed by atoms with E-state index in [9.17, 15) is 25.9 Å². The Morgan fingerprint density at radius 2 is 1.13 bits per heavy atom. The molecule has 11 heteroatoms. The zero-order valence-corrected chi connectivity index (χ0v) is 32.7. The van der Waals surface area contributed by atoms with Gasteiger partial charge < -0.3 is 9.11 Å². The zero-order valence-electron chi connectivity index (χ0n) is 31.0. The molecule has 2 aliphatic heterocycles. The predicted molar refractivity (Wildman–Crippen MR) is 224 cm³/mol. The number of likely N-dealkylation sites (N-methyl/N-ethyl adjacent to an activating group) is 2. The summed E-state index contributed by atoms with van der Waals surface area (Å²) in [4.78, 5) is 0. The van der Waals surface area contributed by atoms with Gasteiger partial charge in [0.15, 0.2) is 0 Å². The van der Waals surface area contributed by atoms with E-state index in [0.29, 0.717) is 34.6 Å². The molecule has 8 nitrogen and oxygen atoms in total. The van der Waals surface area contributed by atoms with Gasteiger partial charge in [-0.1, -0.05) is 91.8 Å². The number of benzene rings is 4. The predicted octanol–water partition coefficient (Wildman–Crippen LogP) is 7.73. The van der Waals surface area contributed by atoms with Crippen molar-refractivity contribution >= 4 is 82.7 Å². The topological polar surface area (TPSA) is 114 Å². The Balaban J connectivity index is 0.00000561. The minimum atomic E-state index is -4.25. The number of hydrogen-bond acceptors (Lipinski definition) is 6. The molecule has 0 saturated carbocycles. The van der Waals surface area contributed by atoms with Gasteiger partial charge in [0.1, 0.15) is 23.1 Å². The summed E-state index contributed by atoms with van der Waals surface area (Å²) in [5, 5.41) is 4.77. The molecular formula is C43H51N2NaO6S2. The molecule has 0 radical (unpaired) electrons. The van der Waals surface area contributed by atoms with Crippen molar-refractivity contribution in [2.45, 2.75) is 56.4 Å². The molecular weight excluding hydrogens is 728 g/mol. The first kappa shape index (κ1) is 42.2. The summed E-state index contributed by atoms with van der Waals surface area (Å²) in [5.41, 5.74) is 6.26. The second-order valence-electron chi connectivity index (χ2n) is 15.3. The van der Waals surface area contributed by atoms with Crippen LogP contribution in [0.1, 0.15) is 61.5 Å². The van der Waals surface area contributed by atoms with E-state index >= 15 is 0 Å². The second-order valence-corrected chi connectivity index (χ2v) is 18.4. The molecule has 0 aliphatic carbocycles. The number of unbranched alkanes of at least 4 members (excludes halogenated alkanes) is 2. The van der Waals surface area contributed by atoms with E-state index < -0.39 is 20.2 Å². The third kappa shape index (κ3) is 9.20. The van der Waals surface area contributed by atoms with Gasteiger partial charge in [0.05, 0.1) is 54.3 Å². The van der Waals surface area contributed by atoms with Gasteiger partial charge in [-0.2, -0.15) is 0 Å². The van der Waals surface area contributed by atoms with Crippen LogP contribution < -0.4 is 8.97 Å². The van der Waals surface area contributed by atoms with Crippen molar-refractivity contribution < 1.29 is 25.9 Å². The molecule has 2 heterocycles. The van der Waals surface area contributed by atoms with Gasteiger partial charge in [0, 0.05) is 40.7 Å². The Bertz CT molecular complexity index is 2350. The molecule has 4 aromatic rings. The number of fused-ring (bicyclic) bond motifs is 6. The molecule has 282 valence electrons. The Kier molecular flexibility index (Phi) is 13.4. The van der Waals surface area contributed by atoms with E-state index in [1.165, 1.54) is 49.7 Å². The summed E-state index contributed by atoms with van der Waals surface area (Å²) in [7, 11) is 0.324. The van der Waals surface area contributed by atoms with E-state index in [2.05, 4.69) is 113 Å². The maximum absolute atomic E-state index is 11.3. The Hall–Kier alpha value is -2.90. The molecule has 0 aromatic heterocycles. The molecule has 4 aromatic carbocycles. The first-order valence-electron chi connectivity index (χ1n) is 18.4. The van der Waals surface area contributed by atoms with Crippen molar-refractivity contribution in [3.05, 3.63) is 132 Å². The monoisotopic (exact) mass is 778 g/mol. The van der Waals surface area contributed by atoms with Crippen LogP contribution in [0, 0.1) is 0 Å². The van der Waals surface area contributed by atoms with Gasteiger partial charge in [-0.25, -0.2) is 16.8 Å². The number of nitrogens with zero attached hydrogens (tertiary/aromatic N) is 2. The van der Waals surface area contributed by atoms with Crippen LogP contribution in [0.25, 0.3) is 21.5 Å². The van der Waals surface area contributed by atoms with E-state index in [1.54, 1.807) is 0 Å². The third-order valence-electron chi connectivity index (χ3n) is 11.3. The zero-order chi connectivity index (χ0) is 38.0. The fourth-order valence-corrected chi connectivity index (χ4v) is 9.94. The van der Waals surface area contributed by atoms with Gasteiger partial charge in [0.2, 0.25) is 0 Å². The molecule has 0 bridgehead atoms. The summed E-state index contributed by atoms with van der Waals surface area (Å²) < 4.78 is 69.1. The van der Waals surface area contributed by atoms with Crippen LogP contribution in [-0.2, 0) is 20.2 Å². The number of quaternary nitrogens is 2. The molecule has 0 spiro atoms. The summed E-state index contributed by atoms with van der Waals surface area (Å²) >= 11 is 0. The molecule has 3 atom stereocenters. The van der Waals surface area contributed by atoms with E-state index in [4.69, 9.17) is 0 Å². The van der Waals surface area contributed by atoms with Crippen molar-refractivity contribution in [3.8, 4) is 0 Å². The average Bonchev–Trinajstić information content (AvgIpc) is 3.45. The van der Waals surface area contributed by atoms with Crippen molar-refractivity contribution in [3.63, 3.8) is 0 Å². The first-order chi connectivity index (χ1) is 25.1. The van der Waals surface area contributed by atoms with Crippen molar-refractivity contribution in [2.24, 2.45) is 0 Å². The van der Waals surface area contributed by atoms with Gasteiger partial charge in [0.25, 0.3) is 0 Å². The number of allylic oxidation sites excluding steroid dienone is 7. The van der Waals surface area contributed by atoms with E-state index in [-0.39, 0.29) is 58.9 Å². The molecule has 0 fully saturated rings. The molecule has 0 saturated heterocycles. The SMILES string of the molecule is C[N+]1(C)C(=CC=CC=CC=CC2C(CCCCS(=O)(=O)[O-])c3c(ccc4ccccc34)[N+]2(C)C)C(CCCCS(=O)(=O)[O-])c2c1ccc1ccccc21.[NaH]. The second kappa shape index (κ2) is 17.1.